The van der Waals surface area contributed by atoms with E-state index in [0.29, 0.717) is 5.92 Å². The zero-order valence-electron chi connectivity index (χ0n) is 29.1. The van der Waals surface area contributed by atoms with Crippen molar-refractivity contribution < 1.29 is 46.1 Å². The topological polar surface area (TPSA) is 0 Å². The summed E-state index contributed by atoms with van der Waals surface area (Å²) < 4.78 is 5.37. The smallest absolute Gasteiger partial charge is 1.00 e. The van der Waals surface area contributed by atoms with Gasteiger partial charge in [-0.2, -0.15) is 0 Å². The minimum atomic E-state index is -2.67. The van der Waals surface area contributed by atoms with E-state index in [0.717, 1.165) is 12.8 Å². The largest absolute Gasteiger partial charge is 1.00 e. The van der Waals surface area contributed by atoms with Crippen molar-refractivity contribution in [3.63, 3.8) is 0 Å². The summed E-state index contributed by atoms with van der Waals surface area (Å²) in [5, 5.41) is 1.70. The van der Waals surface area contributed by atoms with Crippen LogP contribution in [0.3, 0.4) is 0 Å². The Morgan fingerprint density at radius 2 is 1.45 bits per heavy atom. The van der Waals surface area contributed by atoms with Crippen molar-refractivity contribution >= 4 is 14.6 Å². The maximum Gasteiger partial charge on any atom is -1.00 e. The molecule has 4 heteroatoms. The molecular weight excluding hydrogens is 671 g/mol. The monoisotopic (exact) mass is 720 g/mol. The molecule has 1 unspecified atom stereocenters. The Balaban J connectivity index is 0.00000264. The average molecular weight is 723 g/mol. The third kappa shape index (κ3) is 6.86. The van der Waals surface area contributed by atoms with Gasteiger partial charge in [-0.25, -0.2) is 0 Å². The average Bonchev–Trinajstić information content (AvgIpc) is 3.42. The molecule has 0 saturated heterocycles. The van der Waals surface area contributed by atoms with E-state index in [9.17, 15) is 0 Å². The van der Waals surface area contributed by atoms with E-state index in [-0.39, 0.29) is 35.6 Å². The Kier molecular flexibility index (Phi) is 11.3. The van der Waals surface area contributed by atoms with E-state index < -0.39 is 29.3 Å². The van der Waals surface area contributed by atoms with Gasteiger partial charge in [0, 0.05) is 0 Å². The van der Waals surface area contributed by atoms with Gasteiger partial charge in [-0.3, -0.25) is 0 Å². The van der Waals surface area contributed by atoms with Crippen LogP contribution < -0.4 is 28.1 Å². The summed E-state index contributed by atoms with van der Waals surface area (Å²) in [7, 11) is -1.46. The standard InChI is InChI=1S/C21H25.C10H17Si.C9H10.2ClH.Zr/c1-20(2,3)16-7-9-18-14(12-16)11-15-13-17(21(4,5)6)8-10-19(15)18;1-8-6-9(2)10(7-8)11(3,4)5;1-2-6-9-7-4-3-5-8-9;;;/h7-10,12H,11H2,1-6H3;7-8H,1-5H3;3-5,7-8H,2H2,1H3;2*1H;/q;;;;;+2/p-2. The summed E-state index contributed by atoms with van der Waals surface area (Å²) in [5.41, 5.74) is 12.5. The first kappa shape index (κ1) is 37.2. The number of rotatable bonds is 5. The third-order valence-electron chi connectivity index (χ3n) is 9.53. The molecule has 0 aliphatic heterocycles. The number of benzene rings is 3. The van der Waals surface area contributed by atoms with Crippen LogP contribution in [-0.2, 0) is 38.5 Å². The van der Waals surface area contributed by atoms with Crippen LogP contribution in [0.1, 0.15) is 96.6 Å². The molecule has 3 aromatic rings. The van der Waals surface area contributed by atoms with Crippen molar-refractivity contribution in [3.05, 3.63) is 109 Å². The van der Waals surface area contributed by atoms with Gasteiger partial charge < -0.3 is 24.8 Å². The maximum atomic E-state index is 2.68. The minimum absolute atomic E-state index is 0. The van der Waals surface area contributed by atoms with Crippen LogP contribution in [0.2, 0.25) is 19.6 Å². The van der Waals surface area contributed by atoms with Crippen molar-refractivity contribution in [2.75, 3.05) is 0 Å². The first-order valence-electron chi connectivity index (χ1n) is 16.1. The Morgan fingerprint density at radius 1 is 0.841 bits per heavy atom. The normalized spacial score (nSPS) is 16.5. The van der Waals surface area contributed by atoms with Crippen molar-refractivity contribution in [1.82, 2.24) is 0 Å². The quantitative estimate of drug-likeness (QED) is 0.267. The second-order valence-corrected chi connectivity index (χ2v) is 26.7. The number of hydrogen-bond donors (Lipinski definition) is 0. The Morgan fingerprint density at radius 3 is 1.98 bits per heavy atom. The molecule has 0 radical (unpaired) electrons. The van der Waals surface area contributed by atoms with Crippen molar-refractivity contribution in [2.24, 2.45) is 5.92 Å². The van der Waals surface area contributed by atoms with Crippen molar-refractivity contribution in [1.29, 1.82) is 0 Å². The Labute approximate surface area is 289 Å². The number of halogens is 2. The molecule has 0 amide bonds. The molecule has 234 valence electrons. The zero-order chi connectivity index (χ0) is 30.8. The fourth-order valence-electron chi connectivity index (χ4n) is 7.44. The summed E-state index contributed by atoms with van der Waals surface area (Å²) in [5.74, 6) is 0.520. The predicted octanol–water partition coefficient (Wildman–Crippen LogP) is 4.46. The molecule has 5 rings (SSSR count). The van der Waals surface area contributed by atoms with Crippen LogP contribution in [0.15, 0.2) is 80.8 Å². The molecule has 3 aromatic carbocycles. The Hall–Kier alpha value is -1.31. The van der Waals surface area contributed by atoms with Crippen LogP contribution in [-0.4, -0.2) is 11.3 Å². The summed E-state index contributed by atoms with van der Waals surface area (Å²) in [6.45, 7) is 29.4. The van der Waals surface area contributed by atoms with Crippen LogP contribution in [0, 0.1) is 5.92 Å². The second kappa shape index (κ2) is 13.4. The molecule has 0 saturated carbocycles. The third-order valence-corrected chi connectivity index (χ3v) is 20.8. The minimum Gasteiger partial charge on any atom is -1.00 e. The molecular formula is C40H52Cl2SiZr. The van der Waals surface area contributed by atoms with Crippen LogP contribution in [0.5, 0.6) is 0 Å². The Bertz CT molecular complexity index is 1640. The van der Waals surface area contributed by atoms with Crippen molar-refractivity contribution in [3.8, 4) is 11.1 Å². The van der Waals surface area contributed by atoms with Gasteiger partial charge >= 0.3 is 267 Å². The van der Waals surface area contributed by atoms with Gasteiger partial charge in [-0.1, -0.05) is 0 Å². The van der Waals surface area contributed by atoms with Gasteiger partial charge in [0.05, 0.1) is 0 Å². The van der Waals surface area contributed by atoms with Crippen LogP contribution in [0.4, 0.5) is 0 Å². The molecule has 44 heavy (non-hydrogen) atoms. The molecule has 0 heterocycles. The molecule has 2 aliphatic rings. The number of hydrogen-bond acceptors (Lipinski definition) is 0. The first-order chi connectivity index (χ1) is 19.5. The van der Waals surface area contributed by atoms with E-state index in [4.69, 9.17) is 0 Å². The van der Waals surface area contributed by atoms with E-state index in [2.05, 4.69) is 149 Å². The fraction of sp³-hybridized carbons (Fsp3) is 0.425. The maximum absolute atomic E-state index is 2.68. The van der Waals surface area contributed by atoms with Crippen LogP contribution in [0.25, 0.3) is 11.1 Å². The van der Waals surface area contributed by atoms with Crippen LogP contribution >= 0.6 is 0 Å². The van der Waals surface area contributed by atoms with Gasteiger partial charge in [0.25, 0.3) is 0 Å². The van der Waals surface area contributed by atoms with Gasteiger partial charge in [-0.15, -0.1) is 0 Å². The molecule has 0 bridgehead atoms. The molecule has 2 aliphatic carbocycles. The van der Waals surface area contributed by atoms with Gasteiger partial charge in [0.1, 0.15) is 0 Å². The molecule has 1 atom stereocenters. The summed E-state index contributed by atoms with van der Waals surface area (Å²) >= 11 is -2.67. The molecule has 0 spiro atoms. The summed E-state index contributed by atoms with van der Waals surface area (Å²) in [4.78, 5) is 0. The SMILES string of the molecule is CC/[C](c1ccccc1)=[Zr+2](\[C]1=C(C)C([Si](C)(C)C)=CC1C)[c]1c(C(C)(C)C)ccc2c1Cc1cc(C(C)(C)C)ccc1-2.[Cl-].[Cl-]. The predicted molar refractivity (Wildman–Crippen MR) is 186 cm³/mol. The number of allylic oxidation sites excluding steroid dienone is 4. The summed E-state index contributed by atoms with van der Waals surface area (Å²) in [6.07, 6.45) is 4.87. The second-order valence-electron chi connectivity index (χ2n) is 15.8. The van der Waals surface area contributed by atoms with E-state index in [1.165, 1.54) is 27.8 Å². The first-order valence-corrected chi connectivity index (χ1v) is 23.3. The summed E-state index contributed by atoms with van der Waals surface area (Å²) in [6, 6.07) is 23.8. The van der Waals surface area contributed by atoms with E-state index in [1.54, 1.807) is 28.4 Å². The zero-order valence-corrected chi connectivity index (χ0v) is 34.1. The van der Waals surface area contributed by atoms with E-state index in [1.807, 2.05) is 3.28 Å². The molecule has 0 aromatic heterocycles. The fourth-order valence-corrected chi connectivity index (χ4v) is 19.6. The molecule has 0 N–H and O–H groups in total. The molecule has 0 fully saturated rings. The molecule has 0 nitrogen and oxygen atoms in total. The van der Waals surface area contributed by atoms with Gasteiger partial charge in [-0.05, 0) is 0 Å². The number of fused-ring (bicyclic) bond motifs is 3. The van der Waals surface area contributed by atoms with Gasteiger partial charge in [0.2, 0.25) is 0 Å². The van der Waals surface area contributed by atoms with Crippen molar-refractivity contribution in [2.45, 2.75) is 106 Å². The van der Waals surface area contributed by atoms with Gasteiger partial charge in [0.15, 0.2) is 0 Å². The van der Waals surface area contributed by atoms with E-state index >= 15 is 0 Å².